The molecule has 0 fully saturated rings. The molecule has 0 amide bonds. The maximum Gasteiger partial charge on any atom is 0.243 e. The molecule has 4 N–H and O–H groups in total. The number of benzene rings is 1. The van der Waals surface area contributed by atoms with E-state index in [1.54, 1.807) is 29.5 Å². The van der Waals surface area contributed by atoms with Gasteiger partial charge in [-0.25, -0.2) is 13.1 Å². The Morgan fingerprint density at radius 3 is 2.58 bits per heavy atom. The number of thiophene rings is 1. The SMILES string of the molecule is Cc1ccc(CNS(=O)(=O)c2ccccc2NN)s1. The summed E-state index contributed by atoms with van der Waals surface area (Å²) in [5.41, 5.74) is 2.76. The minimum Gasteiger partial charge on any atom is -0.323 e. The number of hydrogen-bond acceptors (Lipinski definition) is 5. The Hall–Kier alpha value is -1.41. The molecule has 0 radical (unpaired) electrons. The van der Waals surface area contributed by atoms with Crippen LogP contribution in [0.2, 0.25) is 0 Å². The predicted molar refractivity (Wildman–Crippen MR) is 77.3 cm³/mol. The van der Waals surface area contributed by atoms with Crippen LogP contribution in [0.3, 0.4) is 0 Å². The summed E-state index contributed by atoms with van der Waals surface area (Å²) < 4.78 is 26.9. The van der Waals surface area contributed by atoms with E-state index in [1.807, 2.05) is 19.1 Å². The molecule has 0 bridgehead atoms. The zero-order chi connectivity index (χ0) is 13.9. The lowest BCUT2D eigenvalue weighted by molar-refractivity contribution is 0.582. The van der Waals surface area contributed by atoms with Crippen molar-refractivity contribution in [2.75, 3.05) is 5.43 Å². The number of aryl methyl sites for hydroxylation is 1. The van der Waals surface area contributed by atoms with Crippen molar-refractivity contribution in [3.63, 3.8) is 0 Å². The summed E-state index contributed by atoms with van der Waals surface area (Å²) in [7, 11) is -3.58. The Bertz CT molecular complexity index is 665. The quantitative estimate of drug-likeness (QED) is 0.580. The second kappa shape index (κ2) is 5.70. The molecular weight excluding hydrogens is 282 g/mol. The molecule has 0 saturated carbocycles. The molecule has 1 aromatic heterocycles. The van der Waals surface area contributed by atoms with Gasteiger partial charge in [0.2, 0.25) is 10.0 Å². The third-order valence-corrected chi connectivity index (χ3v) is 5.02. The van der Waals surface area contributed by atoms with Gasteiger partial charge in [-0.3, -0.25) is 5.84 Å². The number of anilines is 1. The molecule has 5 nitrogen and oxygen atoms in total. The smallest absolute Gasteiger partial charge is 0.243 e. The fraction of sp³-hybridized carbons (Fsp3) is 0.167. The number of nitrogen functional groups attached to an aromatic ring is 1. The van der Waals surface area contributed by atoms with Gasteiger partial charge in [0.25, 0.3) is 0 Å². The van der Waals surface area contributed by atoms with Crippen molar-refractivity contribution in [1.29, 1.82) is 0 Å². The first-order valence-electron chi connectivity index (χ1n) is 5.63. The van der Waals surface area contributed by atoms with Gasteiger partial charge in [0.05, 0.1) is 5.69 Å². The van der Waals surface area contributed by atoms with E-state index in [1.165, 1.54) is 6.07 Å². The molecule has 2 aromatic rings. The summed E-state index contributed by atoms with van der Waals surface area (Å²) in [4.78, 5) is 2.27. The van der Waals surface area contributed by atoms with Gasteiger partial charge in [-0.2, -0.15) is 0 Å². The molecule has 0 aliphatic rings. The summed E-state index contributed by atoms with van der Waals surface area (Å²) in [6.45, 7) is 2.26. The highest BCUT2D eigenvalue weighted by molar-refractivity contribution is 7.89. The predicted octanol–water partition coefficient (Wildman–Crippen LogP) is 1.82. The monoisotopic (exact) mass is 297 g/mol. The molecule has 2 rings (SSSR count). The van der Waals surface area contributed by atoms with Gasteiger partial charge in [-0.15, -0.1) is 11.3 Å². The summed E-state index contributed by atoms with van der Waals surface area (Å²) in [5, 5.41) is 0. The third-order valence-electron chi connectivity index (χ3n) is 2.56. The molecule has 0 unspecified atom stereocenters. The van der Waals surface area contributed by atoms with Crippen LogP contribution in [0.1, 0.15) is 9.75 Å². The molecule has 102 valence electrons. The molecule has 1 heterocycles. The second-order valence-electron chi connectivity index (χ2n) is 3.98. The van der Waals surface area contributed by atoms with Gasteiger partial charge >= 0.3 is 0 Å². The molecule has 1 aromatic carbocycles. The van der Waals surface area contributed by atoms with Crippen molar-refractivity contribution in [3.05, 3.63) is 46.2 Å². The lowest BCUT2D eigenvalue weighted by atomic mass is 10.3. The Labute approximate surface area is 116 Å². The van der Waals surface area contributed by atoms with Crippen LogP contribution < -0.4 is 16.0 Å². The summed E-state index contributed by atoms with van der Waals surface area (Å²) >= 11 is 1.57. The number of nitrogens with one attached hydrogen (secondary N) is 2. The Balaban J connectivity index is 2.18. The minimum atomic E-state index is -3.58. The van der Waals surface area contributed by atoms with Crippen LogP contribution in [-0.4, -0.2) is 8.42 Å². The summed E-state index contributed by atoms with van der Waals surface area (Å²) in [6, 6.07) is 10.4. The van der Waals surface area contributed by atoms with Gasteiger partial charge in [-0.05, 0) is 31.2 Å². The van der Waals surface area contributed by atoms with E-state index in [9.17, 15) is 8.42 Å². The number of hydrazine groups is 1. The molecule has 7 heteroatoms. The summed E-state index contributed by atoms with van der Waals surface area (Å²) in [6.07, 6.45) is 0. The Kier molecular flexibility index (Phi) is 4.20. The summed E-state index contributed by atoms with van der Waals surface area (Å²) in [5.74, 6) is 5.32. The molecular formula is C12H15N3O2S2. The van der Waals surface area contributed by atoms with Crippen LogP contribution in [0.4, 0.5) is 5.69 Å². The van der Waals surface area contributed by atoms with Gasteiger partial charge in [0, 0.05) is 16.3 Å². The number of rotatable bonds is 5. The molecule has 19 heavy (non-hydrogen) atoms. The van der Waals surface area contributed by atoms with Crippen LogP contribution >= 0.6 is 11.3 Å². The molecule has 0 spiro atoms. The lowest BCUT2D eigenvalue weighted by Gasteiger charge is -2.10. The van der Waals surface area contributed by atoms with Crippen molar-refractivity contribution < 1.29 is 8.42 Å². The van der Waals surface area contributed by atoms with E-state index in [0.29, 0.717) is 5.69 Å². The Morgan fingerprint density at radius 2 is 1.95 bits per heavy atom. The molecule has 0 aliphatic carbocycles. The fourth-order valence-corrected chi connectivity index (χ4v) is 3.74. The van der Waals surface area contributed by atoms with E-state index in [4.69, 9.17) is 5.84 Å². The highest BCUT2D eigenvalue weighted by Gasteiger charge is 2.17. The molecule has 0 atom stereocenters. The van der Waals surface area contributed by atoms with Crippen molar-refractivity contribution in [2.24, 2.45) is 5.84 Å². The largest absolute Gasteiger partial charge is 0.323 e. The second-order valence-corrected chi connectivity index (χ2v) is 7.09. The first-order valence-corrected chi connectivity index (χ1v) is 7.93. The fourth-order valence-electron chi connectivity index (χ4n) is 1.64. The maximum absolute atomic E-state index is 12.2. The van der Waals surface area contributed by atoms with Gasteiger partial charge in [-0.1, -0.05) is 12.1 Å². The average molecular weight is 297 g/mol. The number of nitrogens with two attached hydrogens (primary N) is 1. The van der Waals surface area contributed by atoms with Gasteiger partial charge in [0.15, 0.2) is 0 Å². The first kappa shape index (κ1) is 14.0. The molecule has 0 saturated heterocycles. The van der Waals surface area contributed by atoms with E-state index < -0.39 is 10.0 Å². The number of hydrogen-bond donors (Lipinski definition) is 3. The number of sulfonamides is 1. The number of para-hydroxylation sites is 1. The van der Waals surface area contributed by atoms with Crippen LogP contribution in [0.5, 0.6) is 0 Å². The van der Waals surface area contributed by atoms with E-state index in [0.717, 1.165) is 9.75 Å². The average Bonchev–Trinajstić information content (AvgIpc) is 2.82. The van der Waals surface area contributed by atoms with Gasteiger partial charge in [0.1, 0.15) is 4.90 Å². The van der Waals surface area contributed by atoms with Crippen LogP contribution in [0, 0.1) is 6.92 Å². The topological polar surface area (TPSA) is 84.2 Å². The van der Waals surface area contributed by atoms with Crippen LogP contribution in [-0.2, 0) is 16.6 Å². The van der Waals surface area contributed by atoms with Crippen LogP contribution in [0.25, 0.3) is 0 Å². The molecule has 0 aliphatic heterocycles. The van der Waals surface area contributed by atoms with E-state index in [-0.39, 0.29) is 11.4 Å². The van der Waals surface area contributed by atoms with Crippen molar-refractivity contribution in [3.8, 4) is 0 Å². The van der Waals surface area contributed by atoms with Gasteiger partial charge < -0.3 is 5.43 Å². The highest BCUT2D eigenvalue weighted by Crippen LogP contribution is 2.20. The Morgan fingerprint density at radius 1 is 1.21 bits per heavy atom. The maximum atomic E-state index is 12.2. The lowest BCUT2D eigenvalue weighted by Crippen LogP contribution is -2.24. The van der Waals surface area contributed by atoms with Crippen molar-refractivity contribution in [2.45, 2.75) is 18.4 Å². The van der Waals surface area contributed by atoms with E-state index >= 15 is 0 Å². The van der Waals surface area contributed by atoms with Crippen LogP contribution in [0.15, 0.2) is 41.3 Å². The normalized spacial score (nSPS) is 11.5. The zero-order valence-electron chi connectivity index (χ0n) is 10.4. The zero-order valence-corrected chi connectivity index (χ0v) is 12.0. The standard InChI is InChI=1S/C12H15N3O2S2/c1-9-6-7-10(18-9)8-14-19(16,17)12-5-3-2-4-11(12)15-13/h2-7,14-15H,8,13H2,1H3. The van der Waals surface area contributed by atoms with Crippen molar-refractivity contribution >= 4 is 27.0 Å². The highest BCUT2D eigenvalue weighted by atomic mass is 32.2. The third kappa shape index (κ3) is 3.32. The van der Waals surface area contributed by atoms with E-state index in [2.05, 4.69) is 10.1 Å². The van der Waals surface area contributed by atoms with Crippen molar-refractivity contribution in [1.82, 2.24) is 4.72 Å². The first-order chi connectivity index (χ1) is 9.03. The minimum absolute atomic E-state index is 0.144.